The van der Waals surface area contributed by atoms with Crippen molar-refractivity contribution < 1.29 is 4.79 Å². The SMILES string of the molecule is Cc1cc(Br)cnc1N1CCCN(C(=O)c2ccc(Cl)cc2)CC1. The summed E-state index contributed by atoms with van der Waals surface area (Å²) in [6.07, 6.45) is 2.75. The summed E-state index contributed by atoms with van der Waals surface area (Å²) in [5, 5.41) is 0.644. The molecule has 2 aromatic rings. The maximum atomic E-state index is 12.7. The van der Waals surface area contributed by atoms with Gasteiger partial charge in [0, 0.05) is 47.4 Å². The van der Waals surface area contributed by atoms with Gasteiger partial charge in [-0.15, -0.1) is 0 Å². The maximum Gasteiger partial charge on any atom is 0.253 e. The van der Waals surface area contributed by atoms with Crippen molar-refractivity contribution in [1.82, 2.24) is 9.88 Å². The highest BCUT2D eigenvalue weighted by molar-refractivity contribution is 9.10. The third kappa shape index (κ3) is 3.90. The molecule has 0 aliphatic carbocycles. The molecular formula is C18H19BrClN3O. The van der Waals surface area contributed by atoms with Gasteiger partial charge in [0.05, 0.1) is 0 Å². The molecule has 126 valence electrons. The molecule has 1 aliphatic rings. The predicted molar refractivity (Wildman–Crippen MR) is 101 cm³/mol. The first-order valence-electron chi connectivity index (χ1n) is 7.96. The Balaban J connectivity index is 1.70. The molecule has 0 unspecified atom stereocenters. The molecule has 2 heterocycles. The minimum atomic E-state index is 0.0639. The normalized spacial score (nSPS) is 15.3. The molecule has 4 nitrogen and oxygen atoms in total. The third-order valence-electron chi connectivity index (χ3n) is 4.19. The minimum absolute atomic E-state index is 0.0639. The average molecular weight is 409 g/mol. The van der Waals surface area contributed by atoms with E-state index in [1.807, 2.05) is 11.1 Å². The Bertz CT molecular complexity index is 736. The van der Waals surface area contributed by atoms with E-state index in [4.69, 9.17) is 11.6 Å². The monoisotopic (exact) mass is 407 g/mol. The Morgan fingerprint density at radius 2 is 1.92 bits per heavy atom. The summed E-state index contributed by atoms with van der Waals surface area (Å²) in [6.45, 7) is 5.20. The first-order chi connectivity index (χ1) is 11.5. The van der Waals surface area contributed by atoms with Gasteiger partial charge < -0.3 is 9.80 Å². The van der Waals surface area contributed by atoms with Gasteiger partial charge in [0.1, 0.15) is 5.82 Å². The number of aryl methyl sites for hydroxylation is 1. The summed E-state index contributed by atoms with van der Waals surface area (Å²) < 4.78 is 0.984. The van der Waals surface area contributed by atoms with E-state index in [0.29, 0.717) is 17.1 Å². The van der Waals surface area contributed by atoms with E-state index in [9.17, 15) is 4.79 Å². The Morgan fingerprint density at radius 3 is 2.62 bits per heavy atom. The summed E-state index contributed by atoms with van der Waals surface area (Å²) in [6, 6.07) is 9.16. The van der Waals surface area contributed by atoms with Crippen LogP contribution in [0.15, 0.2) is 41.0 Å². The van der Waals surface area contributed by atoms with Crippen LogP contribution in [0.25, 0.3) is 0 Å². The molecule has 3 rings (SSSR count). The minimum Gasteiger partial charge on any atom is -0.355 e. The fraction of sp³-hybridized carbons (Fsp3) is 0.333. The molecule has 1 amide bonds. The van der Waals surface area contributed by atoms with Crippen LogP contribution in [-0.4, -0.2) is 42.0 Å². The summed E-state index contributed by atoms with van der Waals surface area (Å²) in [5.74, 6) is 1.06. The second kappa shape index (κ2) is 7.53. The van der Waals surface area contributed by atoms with Gasteiger partial charge in [-0.05, 0) is 65.2 Å². The van der Waals surface area contributed by atoms with Crippen molar-refractivity contribution in [2.75, 3.05) is 31.1 Å². The number of carbonyl (C=O) groups is 1. The van der Waals surface area contributed by atoms with Crippen molar-refractivity contribution in [3.05, 3.63) is 57.2 Å². The molecule has 1 saturated heterocycles. The Kier molecular flexibility index (Phi) is 5.41. The average Bonchev–Trinajstić information content (AvgIpc) is 2.81. The van der Waals surface area contributed by atoms with E-state index in [1.165, 1.54) is 0 Å². The van der Waals surface area contributed by atoms with Crippen LogP contribution in [0.5, 0.6) is 0 Å². The highest BCUT2D eigenvalue weighted by Gasteiger charge is 2.21. The van der Waals surface area contributed by atoms with Gasteiger partial charge >= 0.3 is 0 Å². The number of aromatic nitrogens is 1. The van der Waals surface area contributed by atoms with Crippen LogP contribution in [0.4, 0.5) is 5.82 Å². The van der Waals surface area contributed by atoms with E-state index < -0.39 is 0 Å². The molecule has 1 aromatic heterocycles. The second-order valence-electron chi connectivity index (χ2n) is 5.93. The van der Waals surface area contributed by atoms with E-state index in [-0.39, 0.29) is 5.91 Å². The van der Waals surface area contributed by atoms with Gasteiger partial charge in [-0.1, -0.05) is 11.6 Å². The van der Waals surface area contributed by atoms with E-state index in [1.54, 1.807) is 24.3 Å². The van der Waals surface area contributed by atoms with Crippen LogP contribution in [0.3, 0.4) is 0 Å². The lowest BCUT2D eigenvalue weighted by Crippen LogP contribution is -2.35. The summed E-state index contributed by atoms with van der Waals surface area (Å²) in [5.41, 5.74) is 1.83. The molecule has 0 bridgehead atoms. The van der Waals surface area contributed by atoms with Crippen molar-refractivity contribution in [3.8, 4) is 0 Å². The number of amides is 1. The summed E-state index contributed by atoms with van der Waals surface area (Å²) in [7, 11) is 0. The molecule has 0 N–H and O–H groups in total. The first kappa shape index (κ1) is 17.2. The first-order valence-corrected chi connectivity index (χ1v) is 9.13. The topological polar surface area (TPSA) is 36.4 Å². The Morgan fingerprint density at radius 1 is 1.17 bits per heavy atom. The molecule has 0 atom stereocenters. The number of hydrogen-bond donors (Lipinski definition) is 0. The van der Waals surface area contributed by atoms with Crippen LogP contribution >= 0.6 is 27.5 Å². The highest BCUT2D eigenvalue weighted by atomic mass is 79.9. The number of benzene rings is 1. The van der Waals surface area contributed by atoms with E-state index >= 15 is 0 Å². The summed E-state index contributed by atoms with van der Waals surface area (Å²) >= 11 is 9.35. The van der Waals surface area contributed by atoms with Crippen LogP contribution in [0.1, 0.15) is 22.3 Å². The number of anilines is 1. The van der Waals surface area contributed by atoms with Crippen molar-refractivity contribution >= 4 is 39.3 Å². The third-order valence-corrected chi connectivity index (χ3v) is 4.88. The molecule has 1 fully saturated rings. The molecule has 24 heavy (non-hydrogen) atoms. The molecular weight excluding hydrogens is 390 g/mol. The molecule has 0 radical (unpaired) electrons. The van der Waals surface area contributed by atoms with Crippen molar-refractivity contribution in [2.24, 2.45) is 0 Å². The zero-order chi connectivity index (χ0) is 17.1. The molecule has 0 saturated carbocycles. The Hall–Kier alpha value is -1.59. The zero-order valence-corrected chi connectivity index (χ0v) is 15.8. The van der Waals surface area contributed by atoms with Gasteiger partial charge in [-0.2, -0.15) is 0 Å². The smallest absolute Gasteiger partial charge is 0.253 e. The summed E-state index contributed by atoms with van der Waals surface area (Å²) in [4.78, 5) is 21.4. The molecule has 1 aromatic carbocycles. The van der Waals surface area contributed by atoms with Gasteiger partial charge in [0.2, 0.25) is 0 Å². The largest absolute Gasteiger partial charge is 0.355 e. The van der Waals surface area contributed by atoms with Gasteiger partial charge in [-0.3, -0.25) is 4.79 Å². The zero-order valence-electron chi connectivity index (χ0n) is 13.5. The number of pyridine rings is 1. The molecule has 0 spiro atoms. The van der Waals surface area contributed by atoms with Crippen LogP contribution < -0.4 is 4.90 Å². The predicted octanol–water partition coefficient (Wildman–Crippen LogP) is 4.16. The van der Waals surface area contributed by atoms with Crippen LogP contribution in [0.2, 0.25) is 5.02 Å². The fourth-order valence-corrected chi connectivity index (χ4v) is 3.54. The lowest BCUT2D eigenvalue weighted by atomic mass is 10.2. The number of nitrogens with zero attached hydrogens (tertiary/aromatic N) is 3. The number of halogens is 2. The Labute approximate surface area is 155 Å². The van der Waals surface area contributed by atoms with Crippen molar-refractivity contribution in [1.29, 1.82) is 0 Å². The fourth-order valence-electron chi connectivity index (χ4n) is 2.97. The number of hydrogen-bond acceptors (Lipinski definition) is 3. The molecule has 6 heteroatoms. The van der Waals surface area contributed by atoms with Crippen LogP contribution in [0, 0.1) is 6.92 Å². The molecule has 1 aliphatic heterocycles. The second-order valence-corrected chi connectivity index (χ2v) is 7.29. The number of carbonyl (C=O) groups excluding carboxylic acids is 1. The highest BCUT2D eigenvalue weighted by Crippen LogP contribution is 2.22. The van der Waals surface area contributed by atoms with Gasteiger partial charge in [0.15, 0.2) is 0 Å². The van der Waals surface area contributed by atoms with Gasteiger partial charge in [0.25, 0.3) is 5.91 Å². The lowest BCUT2D eigenvalue weighted by Gasteiger charge is -2.24. The lowest BCUT2D eigenvalue weighted by molar-refractivity contribution is 0.0767. The van der Waals surface area contributed by atoms with Crippen molar-refractivity contribution in [3.63, 3.8) is 0 Å². The van der Waals surface area contributed by atoms with E-state index in [0.717, 1.165) is 41.9 Å². The number of rotatable bonds is 2. The van der Waals surface area contributed by atoms with E-state index in [2.05, 4.69) is 38.8 Å². The van der Waals surface area contributed by atoms with Crippen molar-refractivity contribution in [2.45, 2.75) is 13.3 Å². The standard InChI is InChI=1S/C18H19BrClN3O/c1-13-11-15(19)12-21-17(13)22-7-2-8-23(10-9-22)18(24)14-3-5-16(20)6-4-14/h3-6,11-12H,2,7-10H2,1H3. The maximum absolute atomic E-state index is 12.7. The quantitative estimate of drug-likeness (QED) is 0.749. The van der Waals surface area contributed by atoms with Crippen LogP contribution in [-0.2, 0) is 0 Å². The van der Waals surface area contributed by atoms with Gasteiger partial charge in [-0.25, -0.2) is 4.98 Å².